The maximum absolute atomic E-state index is 14.6. The lowest BCUT2D eigenvalue weighted by Gasteiger charge is -2.15. The monoisotopic (exact) mass is 520 g/mol. The van der Waals surface area contributed by atoms with Crippen LogP contribution in [0.15, 0.2) is 55.9 Å². The smallest absolute Gasteiger partial charge is 0.433 e. The minimum absolute atomic E-state index is 0.0340. The lowest BCUT2D eigenvalue weighted by Crippen LogP contribution is -2.45. The summed E-state index contributed by atoms with van der Waals surface area (Å²) in [7, 11) is 0. The molecule has 0 aliphatic carbocycles. The van der Waals surface area contributed by atoms with Crippen LogP contribution >= 0.6 is 23.4 Å². The molecule has 0 saturated carbocycles. The Morgan fingerprint density at radius 1 is 1.24 bits per heavy atom. The Labute approximate surface area is 196 Å². The van der Waals surface area contributed by atoms with Gasteiger partial charge in [0, 0.05) is 17.2 Å². The third-order valence-electron chi connectivity index (χ3n) is 4.18. The molecule has 3 aromatic rings. The van der Waals surface area contributed by atoms with Crippen molar-refractivity contribution in [2.75, 3.05) is 12.4 Å². The van der Waals surface area contributed by atoms with E-state index in [9.17, 15) is 31.9 Å². The van der Waals surface area contributed by atoms with Crippen molar-refractivity contribution in [2.45, 2.75) is 22.4 Å². The number of carbonyl (C=O) groups is 1. The molecule has 3 N–H and O–H groups in total. The van der Waals surface area contributed by atoms with Crippen LogP contribution < -0.4 is 21.8 Å². The Bertz CT molecular complexity index is 1380. The van der Waals surface area contributed by atoms with Crippen molar-refractivity contribution in [3.8, 4) is 11.6 Å². The van der Waals surface area contributed by atoms with Crippen LogP contribution in [0.4, 0.5) is 17.6 Å². The molecule has 15 heteroatoms. The molecule has 0 amide bonds. The number of carboxylic acid groups (broad SMARTS) is 1. The fraction of sp³-hybridized carbons (Fsp3) is 0.158. The number of nitrogens with zero attached hydrogens (tertiary/aromatic N) is 3. The zero-order valence-electron chi connectivity index (χ0n) is 16.7. The molecule has 0 fully saturated rings. The van der Waals surface area contributed by atoms with E-state index in [-0.39, 0.29) is 44.1 Å². The fourth-order valence-corrected chi connectivity index (χ4v) is 3.86. The van der Waals surface area contributed by atoms with Crippen molar-refractivity contribution in [1.82, 2.24) is 14.2 Å². The number of carboxylic acids is 1. The molecule has 3 rings (SSSR count). The van der Waals surface area contributed by atoms with Crippen molar-refractivity contribution in [3.05, 3.63) is 73.9 Å². The molecule has 1 aromatic carbocycles. The summed E-state index contributed by atoms with van der Waals surface area (Å²) in [5.41, 5.74) is -5.49. The third kappa shape index (κ3) is 5.34. The van der Waals surface area contributed by atoms with Crippen LogP contribution in [0, 0.1) is 5.82 Å². The molecule has 0 aliphatic rings. The molecule has 180 valence electrons. The molecule has 2 heterocycles. The van der Waals surface area contributed by atoms with Gasteiger partial charge in [0.2, 0.25) is 5.88 Å². The first-order chi connectivity index (χ1) is 15.9. The molecule has 0 atom stereocenters. The summed E-state index contributed by atoms with van der Waals surface area (Å²) in [5.74, 6) is 2.98. The van der Waals surface area contributed by atoms with Crippen LogP contribution in [0.1, 0.15) is 12.1 Å². The van der Waals surface area contributed by atoms with Crippen molar-refractivity contribution in [1.29, 1.82) is 0 Å². The van der Waals surface area contributed by atoms with Gasteiger partial charge in [0.1, 0.15) is 12.4 Å². The van der Waals surface area contributed by atoms with Gasteiger partial charge in [-0.1, -0.05) is 23.4 Å². The standard InChI is InChI=1S/C19H13ClF4N4O5S/c20-9-6-10(21)11(27-15(29)8-14(19(22,23)24)28(25)18(27)32)7-13(9)34-12-2-1-4-26-17(12)33-5-3-16(30)31/h1-2,4,6-8H,3,5,25H2,(H,30,31). The number of hydrogen-bond acceptors (Lipinski definition) is 7. The highest BCUT2D eigenvalue weighted by atomic mass is 35.5. The Morgan fingerprint density at radius 3 is 2.59 bits per heavy atom. The lowest BCUT2D eigenvalue weighted by atomic mass is 10.3. The van der Waals surface area contributed by atoms with E-state index in [2.05, 4.69) is 4.98 Å². The number of nitrogens with two attached hydrogens (primary N) is 1. The van der Waals surface area contributed by atoms with E-state index in [0.717, 1.165) is 23.9 Å². The number of ether oxygens (including phenoxy) is 1. The SMILES string of the molecule is Nn1c(C(F)(F)F)cc(=O)n(-c2cc(Sc3cccnc3OCCC(=O)O)c(Cl)cc2F)c1=O. The van der Waals surface area contributed by atoms with Crippen molar-refractivity contribution >= 4 is 29.3 Å². The van der Waals surface area contributed by atoms with E-state index in [1.165, 1.54) is 18.3 Å². The second-order valence-electron chi connectivity index (χ2n) is 6.49. The number of pyridine rings is 1. The van der Waals surface area contributed by atoms with Crippen molar-refractivity contribution in [2.24, 2.45) is 0 Å². The second-order valence-corrected chi connectivity index (χ2v) is 7.98. The normalized spacial score (nSPS) is 11.4. The first kappa shape index (κ1) is 25.1. The van der Waals surface area contributed by atoms with Gasteiger partial charge in [0.25, 0.3) is 5.56 Å². The number of hydrogen-bond donors (Lipinski definition) is 2. The first-order valence-electron chi connectivity index (χ1n) is 9.08. The average Bonchev–Trinajstić information content (AvgIpc) is 2.74. The van der Waals surface area contributed by atoms with Crippen LogP contribution in [-0.4, -0.2) is 31.9 Å². The second kappa shape index (κ2) is 9.77. The summed E-state index contributed by atoms with van der Waals surface area (Å²) in [5, 5.41) is 8.59. The van der Waals surface area contributed by atoms with Gasteiger partial charge in [-0.15, -0.1) is 0 Å². The van der Waals surface area contributed by atoms with E-state index in [1.807, 2.05) is 0 Å². The van der Waals surface area contributed by atoms with E-state index >= 15 is 0 Å². The maximum Gasteiger partial charge on any atom is 0.433 e. The number of alkyl halides is 3. The van der Waals surface area contributed by atoms with Gasteiger partial charge in [-0.2, -0.15) is 13.2 Å². The summed E-state index contributed by atoms with van der Waals surface area (Å²) in [6, 6.07) is 4.87. The minimum atomic E-state index is -5.09. The quantitative estimate of drug-likeness (QED) is 0.359. The van der Waals surface area contributed by atoms with Crippen LogP contribution in [0.5, 0.6) is 5.88 Å². The molecule has 34 heavy (non-hydrogen) atoms. The van der Waals surface area contributed by atoms with Crippen LogP contribution in [-0.2, 0) is 11.0 Å². The number of halogens is 5. The molecule has 0 radical (unpaired) electrons. The van der Waals surface area contributed by atoms with Gasteiger partial charge in [-0.05, 0) is 24.3 Å². The van der Waals surface area contributed by atoms with Gasteiger partial charge in [0.15, 0.2) is 5.69 Å². The topological polar surface area (TPSA) is 129 Å². The highest BCUT2D eigenvalue weighted by Gasteiger charge is 2.36. The Hall–Kier alpha value is -3.52. The predicted octanol–water partition coefficient (Wildman–Crippen LogP) is 2.92. The third-order valence-corrected chi connectivity index (χ3v) is 5.69. The zero-order valence-corrected chi connectivity index (χ0v) is 18.2. The lowest BCUT2D eigenvalue weighted by molar-refractivity contribution is -0.143. The van der Waals surface area contributed by atoms with E-state index in [0.29, 0.717) is 4.90 Å². The minimum Gasteiger partial charge on any atom is -0.481 e. The highest BCUT2D eigenvalue weighted by Crippen LogP contribution is 2.39. The van der Waals surface area contributed by atoms with E-state index in [4.69, 9.17) is 27.3 Å². The summed E-state index contributed by atoms with van der Waals surface area (Å²) in [6.45, 7) is -0.195. The van der Waals surface area contributed by atoms with Gasteiger partial charge in [-0.3, -0.25) is 9.59 Å². The largest absolute Gasteiger partial charge is 0.481 e. The van der Waals surface area contributed by atoms with Gasteiger partial charge >= 0.3 is 17.8 Å². The molecule has 0 aliphatic heterocycles. The Kier molecular flexibility index (Phi) is 7.21. The van der Waals surface area contributed by atoms with Crippen molar-refractivity contribution < 1.29 is 32.2 Å². The number of rotatable bonds is 7. The van der Waals surface area contributed by atoms with Gasteiger partial charge in [-0.25, -0.2) is 23.4 Å². The fourth-order valence-electron chi connectivity index (χ4n) is 2.68. The molecule has 0 bridgehead atoms. The maximum atomic E-state index is 14.6. The molecule has 0 spiro atoms. The number of aliphatic carboxylic acids is 1. The van der Waals surface area contributed by atoms with Crippen molar-refractivity contribution in [3.63, 3.8) is 0 Å². The highest BCUT2D eigenvalue weighted by molar-refractivity contribution is 7.99. The van der Waals surface area contributed by atoms with Crippen LogP contribution in [0.3, 0.4) is 0 Å². The summed E-state index contributed by atoms with van der Waals surface area (Å²) in [6.07, 6.45) is -4.02. The first-order valence-corrected chi connectivity index (χ1v) is 10.3. The molecule has 0 unspecified atom stereocenters. The zero-order chi connectivity index (χ0) is 25.2. The Morgan fingerprint density at radius 2 is 1.94 bits per heavy atom. The van der Waals surface area contributed by atoms with Gasteiger partial charge < -0.3 is 15.7 Å². The average molecular weight is 521 g/mol. The van der Waals surface area contributed by atoms with E-state index in [1.54, 1.807) is 0 Å². The number of benzene rings is 1. The van der Waals surface area contributed by atoms with Crippen LogP contribution in [0.25, 0.3) is 5.69 Å². The van der Waals surface area contributed by atoms with E-state index < -0.39 is 40.6 Å². The summed E-state index contributed by atoms with van der Waals surface area (Å²) < 4.78 is 58.9. The molecule has 0 saturated heterocycles. The predicted molar refractivity (Wildman–Crippen MR) is 113 cm³/mol. The molecule has 9 nitrogen and oxygen atoms in total. The molecular formula is C19H13ClF4N4O5S. The summed E-state index contributed by atoms with van der Waals surface area (Å²) >= 11 is 6.96. The summed E-state index contributed by atoms with van der Waals surface area (Å²) in [4.78, 5) is 39.8. The Balaban J connectivity index is 2.07. The van der Waals surface area contributed by atoms with Gasteiger partial charge in [0.05, 0.1) is 22.0 Å². The number of aromatic nitrogens is 3. The van der Waals surface area contributed by atoms with Crippen LogP contribution in [0.2, 0.25) is 5.02 Å². The molecular weight excluding hydrogens is 508 g/mol. The number of nitrogen functional groups attached to an aromatic ring is 1. The molecule has 2 aromatic heterocycles.